The summed E-state index contributed by atoms with van der Waals surface area (Å²) in [4.78, 5) is 19.1. The Balaban J connectivity index is 1.52. The van der Waals surface area contributed by atoms with Crippen molar-refractivity contribution < 1.29 is 4.79 Å². The molecule has 1 aliphatic heterocycles. The van der Waals surface area contributed by atoms with Crippen molar-refractivity contribution in [3.8, 4) is 0 Å². The molecule has 1 amide bonds. The van der Waals surface area contributed by atoms with Crippen LogP contribution >= 0.6 is 11.3 Å². The van der Waals surface area contributed by atoms with Gasteiger partial charge in [0, 0.05) is 18.5 Å². The molecule has 0 aliphatic carbocycles. The number of rotatable bonds is 6. The first-order valence-electron chi connectivity index (χ1n) is 8.45. The Kier molecular flexibility index (Phi) is 5.48. The summed E-state index contributed by atoms with van der Waals surface area (Å²) in [6.07, 6.45) is 2.52. The molecule has 2 aromatic rings. The molecule has 0 fully saturated rings. The minimum absolute atomic E-state index is 0.0696. The van der Waals surface area contributed by atoms with Crippen LogP contribution in [0.15, 0.2) is 29.6 Å². The van der Waals surface area contributed by atoms with E-state index >= 15 is 0 Å². The van der Waals surface area contributed by atoms with Crippen LogP contribution in [0.25, 0.3) is 0 Å². The summed E-state index contributed by atoms with van der Waals surface area (Å²) < 4.78 is 0. The van der Waals surface area contributed by atoms with Crippen molar-refractivity contribution in [1.29, 1.82) is 0 Å². The number of aromatic nitrogens is 1. The van der Waals surface area contributed by atoms with E-state index < -0.39 is 0 Å². The number of thiazole rings is 1. The molecular weight excluding hydrogens is 320 g/mol. The summed E-state index contributed by atoms with van der Waals surface area (Å²) >= 11 is 1.46. The highest BCUT2D eigenvalue weighted by atomic mass is 32.1. The van der Waals surface area contributed by atoms with E-state index in [1.807, 2.05) is 5.38 Å². The molecule has 1 aromatic carbocycles. The number of hydrogen-bond donors (Lipinski definition) is 2. The molecule has 0 saturated heterocycles. The van der Waals surface area contributed by atoms with Crippen LogP contribution in [0, 0.1) is 0 Å². The zero-order chi connectivity index (χ0) is 16.9. The summed E-state index contributed by atoms with van der Waals surface area (Å²) in [5.74, 6) is 0.129. The van der Waals surface area contributed by atoms with Crippen LogP contribution in [0.4, 0.5) is 5.13 Å². The SMILES string of the molecule is CCN1Cc2ccccc2C[C@H]1C(=O)NCCCc1csc(N)n1. The van der Waals surface area contributed by atoms with Gasteiger partial charge in [-0.2, -0.15) is 0 Å². The zero-order valence-corrected chi connectivity index (χ0v) is 14.8. The summed E-state index contributed by atoms with van der Waals surface area (Å²) in [7, 11) is 0. The number of nitrogens with one attached hydrogen (secondary N) is 1. The number of aryl methyl sites for hydroxylation is 1. The van der Waals surface area contributed by atoms with Crippen LogP contribution in [0.5, 0.6) is 0 Å². The average molecular weight is 344 g/mol. The summed E-state index contributed by atoms with van der Waals surface area (Å²) in [6, 6.07) is 8.34. The molecule has 1 aromatic heterocycles. The van der Waals surface area contributed by atoms with Crippen LogP contribution in [0.1, 0.15) is 30.2 Å². The first kappa shape index (κ1) is 16.9. The third-order valence-electron chi connectivity index (χ3n) is 4.53. The normalized spacial score (nSPS) is 17.5. The maximum absolute atomic E-state index is 12.6. The zero-order valence-electron chi connectivity index (χ0n) is 14.0. The summed E-state index contributed by atoms with van der Waals surface area (Å²) in [6.45, 7) is 4.51. The Morgan fingerprint density at radius 3 is 2.92 bits per heavy atom. The fraction of sp³-hybridized carbons (Fsp3) is 0.444. The van der Waals surface area contributed by atoms with Gasteiger partial charge in [-0.3, -0.25) is 9.69 Å². The predicted molar refractivity (Wildman–Crippen MR) is 97.9 cm³/mol. The van der Waals surface area contributed by atoms with Crippen molar-refractivity contribution in [1.82, 2.24) is 15.2 Å². The van der Waals surface area contributed by atoms with Crippen molar-refractivity contribution >= 4 is 22.4 Å². The molecule has 6 heteroatoms. The lowest BCUT2D eigenvalue weighted by molar-refractivity contribution is -0.127. The van der Waals surface area contributed by atoms with Crippen LogP contribution in [0.2, 0.25) is 0 Å². The number of likely N-dealkylation sites (N-methyl/N-ethyl adjacent to an activating group) is 1. The second kappa shape index (κ2) is 7.77. The van der Waals surface area contributed by atoms with Crippen molar-refractivity contribution in [2.75, 3.05) is 18.8 Å². The molecule has 2 heterocycles. The van der Waals surface area contributed by atoms with Gasteiger partial charge in [-0.1, -0.05) is 31.2 Å². The number of nitrogen functional groups attached to an aromatic ring is 1. The lowest BCUT2D eigenvalue weighted by Crippen LogP contribution is -2.50. The fourth-order valence-corrected chi connectivity index (χ4v) is 3.80. The van der Waals surface area contributed by atoms with E-state index in [1.54, 1.807) is 0 Å². The molecule has 0 unspecified atom stereocenters. The molecule has 1 atom stereocenters. The number of anilines is 1. The van der Waals surface area contributed by atoms with Gasteiger partial charge in [0.1, 0.15) is 0 Å². The highest BCUT2D eigenvalue weighted by molar-refractivity contribution is 7.13. The molecule has 24 heavy (non-hydrogen) atoms. The number of carbonyl (C=O) groups excluding carboxylic acids is 1. The molecular formula is C18H24N4OS. The van der Waals surface area contributed by atoms with Crippen LogP contribution in [-0.2, 0) is 24.2 Å². The Morgan fingerprint density at radius 2 is 2.21 bits per heavy atom. The van der Waals surface area contributed by atoms with Crippen molar-refractivity contribution in [3.05, 3.63) is 46.5 Å². The van der Waals surface area contributed by atoms with E-state index in [0.29, 0.717) is 11.7 Å². The molecule has 3 N–H and O–H groups in total. The van der Waals surface area contributed by atoms with Gasteiger partial charge in [-0.15, -0.1) is 11.3 Å². The molecule has 0 radical (unpaired) electrons. The van der Waals surface area contributed by atoms with Gasteiger partial charge >= 0.3 is 0 Å². The fourth-order valence-electron chi connectivity index (χ4n) is 3.20. The molecule has 1 aliphatic rings. The lowest BCUT2D eigenvalue weighted by atomic mass is 9.93. The number of carbonyl (C=O) groups is 1. The number of amides is 1. The second-order valence-corrected chi connectivity index (χ2v) is 7.01. The average Bonchev–Trinajstić information content (AvgIpc) is 3.02. The molecule has 0 saturated carbocycles. The van der Waals surface area contributed by atoms with Gasteiger partial charge in [-0.25, -0.2) is 4.98 Å². The Morgan fingerprint density at radius 1 is 1.42 bits per heavy atom. The minimum Gasteiger partial charge on any atom is -0.375 e. The van der Waals surface area contributed by atoms with E-state index in [9.17, 15) is 4.79 Å². The Hall–Kier alpha value is -1.92. The van der Waals surface area contributed by atoms with Gasteiger partial charge in [0.15, 0.2) is 5.13 Å². The van der Waals surface area contributed by atoms with Crippen LogP contribution in [-0.4, -0.2) is 34.9 Å². The number of fused-ring (bicyclic) bond motifs is 1. The van der Waals surface area contributed by atoms with Gasteiger partial charge in [0.25, 0.3) is 0 Å². The van der Waals surface area contributed by atoms with Crippen LogP contribution < -0.4 is 11.1 Å². The maximum Gasteiger partial charge on any atom is 0.237 e. The van der Waals surface area contributed by atoms with E-state index in [4.69, 9.17) is 5.73 Å². The third-order valence-corrected chi connectivity index (χ3v) is 5.26. The van der Waals surface area contributed by atoms with Gasteiger partial charge < -0.3 is 11.1 Å². The number of nitrogens with zero attached hydrogens (tertiary/aromatic N) is 2. The summed E-state index contributed by atoms with van der Waals surface area (Å²) in [5.41, 5.74) is 9.27. The summed E-state index contributed by atoms with van der Waals surface area (Å²) in [5, 5.41) is 5.67. The van der Waals surface area contributed by atoms with Gasteiger partial charge in [-0.05, 0) is 36.9 Å². The van der Waals surface area contributed by atoms with Crippen LogP contribution in [0.3, 0.4) is 0 Å². The molecule has 5 nitrogen and oxygen atoms in total. The quantitative estimate of drug-likeness (QED) is 0.788. The topological polar surface area (TPSA) is 71.2 Å². The number of nitrogens with two attached hydrogens (primary N) is 1. The number of benzene rings is 1. The lowest BCUT2D eigenvalue weighted by Gasteiger charge is -2.35. The maximum atomic E-state index is 12.6. The first-order valence-corrected chi connectivity index (χ1v) is 9.33. The monoisotopic (exact) mass is 344 g/mol. The smallest absolute Gasteiger partial charge is 0.237 e. The Labute approximate surface area is 146 Å². The van der Waals surface area contributed by atoms with Gasteiger partial charge in [0.2, 0.25) is 5.91 Å². The van der Waals surface area contributed by atoms with E-state index in [0.717, 1.165) is 38.0 Å². The molecule has 3 rings (SSSR count). The van der Waals surface area contributed by atoms with E-state index in [2.05, 4.69) is 46.4 Å². The highest BCUT2D eigenvalue weighted by Crippen LogP contribution is 2.23. The first-order chi connectivity index (χ1) is 11.7. The van der Waals surface area contributed by atoms with Crippen molar-refractivity contribution in [2.24, 2.45) is 0 Å². The van der Waals surface area contributed by atoms with E-state index in [1.165, 1.54) is 22.5 Å². The molecule has 128 valence electrons. The number of hydrogen-bond acceptors (Lipinski definition) is 5. The van der Waals surface area contributed by atoms with Crippen molar-refractivity contribution in [3.63, 3.8) is 0 Å². The standard InChI is InChI=1S/C18H24N4OS/c1-2-22-11-14-7-4-3-6-13(14)10-16(22)17(23)20-9-5-8-15-12-24-18(19)21-15/h3-4,6-7,12,16H,2,5,8-11H2,1H3,(H2,19,21)(H,20,23)/t16-/m0/s1. The van der Waals surface area contributed by atoms with Gasteiger partial charge in [0.05, 0.1) is 11.7 Å². The predicted octanol–water partition coefficient (Wildman–Crippen LogP) is 2.22. The Bertz CT molecular complexity index is 700. The second-order valence-electron chi connectivity index (χ2n) is 6.12. The van der Waals surface area contributed by atoms with E-state index in [-0.39, 0.29) is 11.9 Å². The third kappa shape index (κ3) is 3.94. The highest BCUT2D eigenvalue weighted by Gasteiger charge is 2.29. The minimum atomic E-state index is -0.0696. The van der Waals surface area contributed by atoms with Crippen molar-refractivity contribution in [2.45, 2.75) is 38.8 Å². The largest absolute Gasteiger partial charge is 0.375 e. The molecule has 0 bridgehead atoms. The molecule has 0 spiro atoms.